The lowest BCUT2D eigenvalue weighted by Gasteiger charge is -2.25. The molecular weight excluding hydrogens is 615 g/mol. The molecule has 1 heterocycles. The molecule has 3 atom stereocenters. The van der Waals surface area contributed by atoms with Gasteiger partial charge >= 0.3 is 0 Å². The van der Waals surface area contributed by atoms with E-state index in [4.69, 9.17) is 5.73 Å². The quantitative estimate of drug-likeness (QED) is 0.172. The third-order valence-corrected chi connectivity index (χ3v) is 8.60. The Morgan fingerprint density at radius 1 is 0.978 bits per heavy atom. The highest BCUT2D eigenvalue weighted by atomic mass is 32.2. The number of rotatable bonds is 13. The van der Waals surface area contributed by atoms with Crippen molar-refractivity contribution in [1.82, 2.24) is 20.4 Å². The number of nitrogens with one attached hydrogen (secondary N) is 2. The van der Waals surface area contributed by atoms with Crippen LogP contribution in [0.3, 0.4) is 0 Å². The van der Waals surface area contributed by atoms with Gasteiger partial charge in [0.25, 0.3) is 17.7 Å². The first-order chi connectivity index (χ1) is 21.7. The molecule has 0 saturated heterocycles. The Kier molecular flexibility index (Phi) is 10.5. The second-order valence-corrected chi connectivity index (χ2v) is 12.9. The van der Waals surface area contributed by atoms with Crippen LogP contribution in [-0.2, 0) is 23.0 Å². The number of sulfonamides is 1. The summed E-state index contributed by atoms with van der Waals surface area (Å²) in [7, 11) is -2.48. The van der Waals surface area contributed by atoms with Gasteiger partial charge in [0.1, 0.15) is 5.82 Å². The Labute approximate surface area is 266 Å². The minimum Gasteiger partial charge on any atom is -0.389 e. The summed E-state index contributed by atoms with van der Waals surface area (Å²) in [6, 6.07) is 17.3. The normalized spacial score (nSPS) is 13.3. The number of amides is 3. The maximum absolute atomic E-state index is 13.7. The van der Waals surface area contributed by atoms with E-state index in [0.29, 0.717) is 5.56 Å². The molecule has 12 nitrogen and oxygen atoms in total. The van der Waals surface area contributed by atoms with Crippen LogP contribution in [0.5, 0.6) is 0 Å². The highest BCUT2D eigenvalue weighted by molar-refractivity contribution is 7.92. The van der Waals surface area contributed by atoms with E-state index in [1.807, 2.05) is 30.3 Å². The van der Waals surface area contributed by atoms with Gasteiger partial charge in [0.05, 0.1) is 48.4 Å². The molecule has 4 aromatic rings. The standard InChI is InChI=1S/C32H35FN6O6S/c1-20(22-9-11-26(33)12-10-22)36-31(42)23-14-24(16-27(15-23)38(2)46(3,44)45)32(43)37-28(13-21-7-5-4-6-8-21)29(40)19-39-18-25(17-35-39)30(34)41/h4-12,14-18,20,28-29,40H,13,19H2,1-3H3,(H2,34,41)(H,36,42)(H,37,43)/t20-,28+,29+/m1/s1. The van der Waals surface area contributed by atoms with Crippen LogP contribution in [0.1, 0.15) is 55.2 Å². The van der Waals surface area contributed by atoms with Crippen molar-refractivity contribution < 1.29 is 32.3 Å². The molecule has 0 aliphatic rings. The van der Waals surface area contributed by atoms with Gasteiger partial charge in [-0.25, -0.2) is 12.8 Å². The van der Waals surface area contributed by atoms with Crippen molar-refractivity contribution in [3.05, 3.63) is 119 Å². The predicted molar refractivity (Wildman–Crippen MR) is 170 cm³/mol. The number of nitrogens with two attached hydrogens (primary N) is 1. The number of aromatic nitrogens is 2. The van der Waals surface area contributed by atoms with E-state index in [-0.39, 0.29) is 35.3 Å². The fourth-order valence-electron chi connectivity index (χ4n) is 4.67. The molecule has 1 aromatic heterocycles. The number of halogens is 1. The van der Waals surface area contributed by atoms with E-state index >= 15 is 0 Å². The molecule has 242 valence electrons. The number of anilines is 1. The van der Waals surface area contributed by atoms with Gasteiger partial charge < -0.3 is 21.5 Å². The third kappa shape index (κ3) is 8.76. The zero-order chi connectivity index (χ0) is 33.6. The number of aliphatic hydroxyl groups is 1. The molecule has 14 heteroatoms. The first kappa shape index (κ1) is 33.8. The van der Waals surface area contributed by atoms with Gasteiger partial charge in [-0.15, -0.1) is 0 Å². The predicted octanol–water partition coefficient (Wildman–Crippen LogP) is 2.41. The van der Waals surface area contributed by atoms with Crippen LogP contribution in [0.25, 0.3) is 0 Å². The van der Waals surface area contributed by atoms with Crippen LogP contribution in [0.2, 0.25) is 0 Å². The maximum atomic E-state index is 13.7. The number of benzene rings is 3. The molecule has 4 rings (SSSR count). The SMILES string of the molecule is C[C@@H](NC(=O)c1cc(C(=O)N[C@@H](Cc2ccccc2)[C@@H](O)Cn2cc(C(N)=O)cn2)cc(N(C)S(C)(=O)=O)c1)c1ccc(F)cc1. The first-order valence-electron chi connectivity index (χ1n) is 14.2. The van der Waals surface area contributed by atoms with Gasteiger partial charge in [0.2, 0.25) is 10.0 Å². The summed E-state index contributed by atoms with van der Waals surface area (Å²) in [4.78, 5) is 38.6. The lowest BCUT2D eigenvalue weighted by atomic mass is 10.00. The zero-order valence-electron chi connectivity index (χ0n) is 25.4. The van der Waals surface area contributed by atoms with E-state index in [9.17, 15) is 32.3 Å². The minimum absolute atomic E-state index is 0.00258. The topological polar surface area (TPSA) is 177 Å². The van der Waals surface area contributed by atoms with Crippen molar-refractivity contribution in [2.45, 2.75) is 38.1 Å². The Hall–Kier alpha value is -5.08. The Morgan fingerprint density at radius 3 is 2.15 bits per heavy atom. The number of carbonyl (C=O) groups is 3. The fraction of sp³-hybridized carbons (Fsp3) is 0.250. The van der Waals surface area contributed by atoms with Crippen LogP contribution < -0.4 is 20.7 Å². The average Bonchev–Trinajstić information content (AvgIpc) is 3.49. The number of nitrogens with zero attached hydrogens (tertiary/aromatic N) is 3. The molecule has 0 aliphatic carbocycles. The molecule has 0 radical (unpaired) electrons. The van der Waals surface area contributed by atoms with E-state index in [2.05, 4.69) is 15.7 Å². The van der Waals surface area contributed by atoms with Crippen LogP contribution in [0.15, 0.2) is 85.2 Å². The number of carbonyl (C=O) groups excluding carboxylic acids is 3. The summed E-state index contributed by atoms with van der Waals surface area (Å²) < 4.78 is 40.5. The molecule has 5 N–H and O–H groups in total. The van der Waals surface area contributed by atoms with Crippen molar-refractivity contribution in [2.75, 3.05) is 17.6 Å². The van der Waals surface area contributed by atoms with Gasteiger partial charge in [-0.05, 0) is 54.8 Å². The fourth-order valence-corrected chi connectivity index (χ4v) is 5.16. The van der Waals surface area contributed by atoms with Gasteiger partial charge in [0.15, 0.2) is 0 Å². The summed E-state index contributed by atoms with van der Waals surface area (Å²) in [6.07, 6.45) is 2.67. The van der Waals surface area contributed by atoms with E-state index in [1.165, 1.54) is 66.6 Å². The van der Waals surface area contributed by atoms with Crippen LogP contribution >= 0.6 is 0 Å². The summed E-state index contributed by atoms with van der Waals surface area (Å²) >= 11 is 0. The molecule has 3 aromatic carbocycles. The molecule has 3 amide bonds. The van der Waals surface area contributed by atoms with Gasteiger partial charge in [0, 0.05) is 24.4 Å². The van der Waals surface area contributed by atoms with Crippen molar-refractivity contribution in [3.63, 3.8) is 0 Å². The van der Waals surface area contributed by atoms with Crippen LogP contribution in [0.4, 0.5) is 10.1 Å². The molecule has 0 spiro atoms. The summed E-state index contributed by atoms with van der Waals surface area (Å²) in [6.45, 7) is 1.61. The lowest BCUT2D eigenvalue weighted by molar-refractivity contribution is 0.0780. The Morgan fingerprint density at radius 2 is 1.59 bits per heavy atom. The summed E-state index contributed by atoms with van der Waals surface area (Å²) in [5, 5.41) is 20.9. The second-order valence-electron chi connectivity index (χ2n) is 10.9. The highest BCUT2D eigenvalue weighted by Crippen LogP contribution is 2.23. The molecule has 0 unspecified atom stereocenters. The highest BCUT2D eigenvalue weighted by Gasteiger charge is 2.26. The van der Waals surface area contributed by atoms with Crippen molar-refractivity contribution in [1.29, 1.82) is 0 Å². The largest absolute Gasteiger partial charge is 0.389 e. The molecular formula is C32H35FN6O6S. The average molecular weight is 651 g/mol. The third-order valence-electron chi connectivity index (χ3n) is 7.39. The van der Waals surface area contributed by atoms with Gasteiger partial charge in [-0.2, -0.15) is 5.10 Å². The summed E-state index contributed by atoms with van der Waals surface area (Å²) in [5.74, 6) is -2.38. The molecule has 0 bridgehead atoms. The van der Waals surface area contributed by atoms with Gasteiger partial charge in [-0.3, -0.25) is 23.4 Å². The van der Waals surface area contributed by atoms with E-state index < -0.39 is 51.7 Å². The first-order valence-corrected chi connectivity index (χ1v) is 16.1. The number of primary amides is 1. The Balaban J connectivity index is 1.64. The van der Waals surface area contributed by atoms with E-state index in [1.54, 1.807) is 6.92 Å². The van der Waals surface area contributed by atoms with Crippen LogP contribution in [0, 0.1) is 5.82 Å². The maximum Gasteiger partial charge on any atom is 0.251 e. The number of hydrogen-bond donors (Lipinski definition) is 4. The molecule has 0 fully saturated rings. The Bertz CT molecular complexity index is 1810. The van der Waals surface area contributed by atoms with E-state index in [0.717, 1.165) is 16.1 Å². The monoisotopic (exact) mass is 650 g/mol. The second kappa shape index (κ2) is 14.3. The van der Waals surface area contributed by atoms with Crippen LogP contribution in [-0.4, -0.2) is 66.5 Å². The lowest BCUT2D eigenvalue weighted by Crippen LogP contribution is -2.46. The summed E-state index contributed by atoms with van der Waals surface area (Å²) in [5.41, 5.74) is 6.94. The molecule has 46 heavy (non-hydrogen) atoms. The van der Waals surface area contributed by atoms with Crippen molar-refractivity contribution in [2.24, 2.45) is 5.73 Å². The number of aliphatic hydroxyl groups excluding tert-OH is 1. The number of hydrogen-bond acceptors (Lipinski definition) is 7. The molecule has 0 saturated carbocycles. The van der Waals surface area contributed by atoms with Crippen molar-refractivity contribution in [3.8, 4) is 0 Å². The minimum atomic E-state index is -3.78. The smallest absolute Gasteiger partial charge is 0.251 e. The van der Waals surface area contributed by atoms with Crippen molar-refractivity contribution >= 4 is 33.4 Å². The molecule has 0 aliphatic heterocycles. The van der Waals surface area contributed by atoms with Gasteiger partial charge in [-0.1, -0.05) is 42.5 Å². The zero-order valence-corrected chi connectivity index (χ0v) is 26.2.